The number of nitrogens with zero attached hydrogens (tertiary/aromatic N) is 2. The number of aliphatic hydroxyl groups is 1. The van der Waals surface area contributed by atoms with Crippen LogP contribution in [0.2, 0.25) is 0 Å². The monoisotopic (exact) mass is 397 g/mol. The van der Waals surface area contributed by atoms with Crippen molar-refractivity contribution in [2.45, 2.75) is 63.6 Å². The van der Waals surface area contributed by atoms with Crippen LogP contribution in [0, 0.1) is 19.8 Å². The lowest BCUT2D eigenvalue weighted by Crippen LogP contribution is -2.52. The van der Waals surface area contributed by atoms with E-state index in [0.29, 0.717) is 38.4 Å². The summed E-state index contributed by atoms with van der Waals surface area (Å²) in [6, 6.07) is 6.12. The zero-order chi connectivity index (χ0) is 20.4. The van der Waals surface area contributed by atoms with Crippen LogP contribution >= 0.6 is 0 Å². The number of hydrogen-bond donors (Lipinski definition) is 2. The van der Waals surface area contributed by atoms with Crippen molar-refractivity contribution in [3.05, 3.63) is 53.6 Å². The minimum Gasteiger partial charge on any atom is -0.391 e. The van der Waals surface area contributed by atoms with Crippen molar-refractivity contribution in [1.82, 2.24) is 14.9 Å². The lowest BCUT2D eigenvalue weighted by molar-refractivity contribution is -0.131. The molecule has 2 aromatic rings. The number of ether oxygens (including phenoxy) is 1. The fourth-order valence-electron chi connectivity index (χ4n) is 4.83. The topological polar surface area (TPSA) is 76.4 Å². The Bertz CT molecular complexity index is 843. The molecule has 1 amide bonds. The third-order valence-corrected chi connectivity index (χ3v) is 6.81. The molecule has 0 bridgehead atoms. The minimum absolute atomic E-state index is 0.0244. The van der Waals surface area contributed by atoms with E-state index in [2.05, 4.69) is 42.3 Å². The molecule has 0 spiro atoms. The number of nitrogens with one attached hydrogen (secondary N) is 1. The quantitative estimate of drug-likeness (QED) is 0.813. The number of aromatic nitrogens is 2. The summed E-state index contributed by atoms with van der Waals surface area (Å²) >= 11 is 0. The van der Waals surface area contributed by atoms with Crippen LogP contribution in [0.3, 0.4) is 0 Å². The molecule has 6 heteroatoms. The number of aliphatic hydroxyl groups excluding tert-OH is 1. The molecule has 1 aliphatic heterocycles. The molecule has 2 aliphatic rings. The average molecular weight is 398 g/mol. The van der Waals surface area contributed by atoms with Crippen molar-refractivity contribution < 1.29 is 14.6 Å². The van der Waals surface area contributed by atoms with Gasteiger partial charge in [-0.1, -0.05) is 18.2 Å². The van der Waals surface area contributed by atoms with E-state index in [9.17, 15) is 9.90 Å². The molecule has 1 unspecified atom stereocenters. The summed E-state index contributed by atoms with van der Waals surface area (Å²) in [5.41, 5.74) is 2.90. The van der Waals surface area contributed by atoms with Gasteiger partial charge in [-0.2, -0.15) is 0 Å². The van der Waals surface area contributed by atoms with Crippen molar-refractivity contribution >= 4 is 5.91 Å². The number of carbonyl (C=O) groups is 1. The predicted octanol–water partition coefficient (Wildman–Crippen LogP) is 2.50. The maximum absolute atomic E-state index is 13.5. The number of amides is 1. The number of hydrogen-bond acceptors (Lipinski definition) is 4. The van der Waals surface area contributed by atoms with Gasteiger partial charge in [-0.25, -0.2) is 4.98 Å². The van der Waals surface area contributed by atoms with Crippen molar-refractivity contribution in [3.8, 4) is 0 Å². The highest BCUT2D eigenvalue weighted by Gasteiger charge is 2.44. The van der Waals surface area contributed by atoms with E-state index in [0.717, 1.165) is 18.5 Å². The highest BCUT2D eigenvalue weighted by Crippen LogP contribution is 2.37. The normalized spacial score (nSPS) is 26.4. The summed E-state index contributed by atoms with van der Waals surface area (Å²) in [5.74, 6) is 0.355. The second-order valence-corrected chi connectivity index (χ2v) is 8.74. The first kappa shape index (κ1) is 20.1. The lowest BCUT2D eigenvalue weighted by Gasteiger charge is -2.37. The Kier molecular flexibility index (Phi) is 5.74. The van der Waals surface area contributed by atoms with E-state index in [1.54, 1.807) is 12.5 Å². The molecule has 1 aromatic carbocycles. The molecular weight excluding hydrogens is 366 g/mol. The molecule has 6 nitrogen and oxygen atoms in total. The van der Waals surface area contributed by atoms with Gasteiger partial charge in [0.05, 0.1) is 23.9 Å². The van der Waals surface area contributed by atoms with Gasteiger partial charge in [-0.3, -0.25) is 4.79 Å². The molecule has 3 atom stereocenters. The number of carbonyl (C=O) groups excluding carboxylic acids is 1. The van der Waals surface area contributed by atoms with E-state index in [1.165, 1.54) is 11.1 Å². The summed E-state index contributed by atoms with van der Waals surface area (Å²) in [7, 11) is 0. The van der Waals surface area contributed by atoms with E-state index in [-0.39, 0.29) is 11.9 Å². The van der Waals surface area contributed by atoms with Crippen molar-refractivity contribution in [1.29, 1.82) is 0 Å². The lowest BCUT2D eigenvalue weighted by atomic mass is 9.72. The molecule has 2 N–H and O–H groups in total. The molecule has 2 heterocycles. The second-order valence-electron chi connectivity index (χ2n) is 8.74. The molecule has 0 radical (unpaired) electrons. The number of benzene rings is 1. The van der Waals surface area contributed by atoms with Crippen molar-refractivity contribution in [2.75, 3.05) is 13.2 Å². The van der Waals surface area contributed by atoms with Gasteiger partial charge in [0.25, 0.3) is 0 Å². The first-order valence-electron chi connectivity index (χ1n) is 10.6. The van der Waals surface area contributed by atoms with Crippen LogP contribution in [-0.2, 0) is 21.5 Å². The Balaban J connectivity index is 1.50. The van der Waals surface area contributed by atoms with E-state index < -0.39 is 11.5 Å². The van der Waals surface area contributed by atoms with E-state index in [4.69, 9.17) is 4.74 Å². The largest absolute Gasteiger partial charge is 0.391 e. The van der Waals surface area contributed by atoms with Gasteiger partial charge in [0, 0.05) is 32.2 Å². The average Bonchev–Trinajstić information content (AvgIpc) is 3.34. The summed E-state index contributed by atoms with van der Waals surface area (Å²) in [6.07, 6.45) is 7.82. The molecule has 1 aliphatic carbocycles. The van der Waals surface area contributed by atoms with Crippen LogP contribution in [0.15, 0.2) is 36.9 Å². The Hall–Kier alpha value is -2.18. The van der Waals surface area contributed by atoms with Crippen LogP contribution < -0.4 is 5.32 Å². The summed E-state index contributed by atoms with van der Waals surface area (Å²) < 4.78 is 7.62. The van der Waals surface area contributed by atoms with Gasteiger partial charge in [-0.15, -0.1) is 0 Å². The molecule has 4 rings (SSSR count). The Morgan fingerprint density at radius 1 is 1.28 bits per heavy atom. The van der Waals surface area contributed by atoms with Crippen LogP contribution in [-0.4, -0.2) is 45.9 Å². The number of aryl methyl sites for hydroxylation is 2. The van der Waals surface area contributed by atoms with Gasteiger partial charge < -0.3 is 19.7 Å². The molecule has 2 fully saturated rings. The third-order valence-electron chi connectivity index (χ3n) is 6.81. The van der Waals surface area contributed by atoms with E-state index in [1.807, 2.05) is 10.8 Å². The first-order chi connectivity index (χ1) is 14.0. The van der Waals surface area contributed by atoms with Gasteiger partial charge in [0.15, 0.2) is 0 Å². The maximum Gasteiger partial charge on any atom is 0.231 e. The summed E-state index contributed by atoms with van der Waals surface area (Å²) in [5, 5.41) is 13.8. The minimum atomic E-state index is -0.584. The Labute approximate surface area is 172 Å². The highest BCUT2D eigenvalue weighted by atomic mass is 16.5. The molecule has 1 aromatic heterocycles. The molecular formula is C23H31N3O3. The highest BCUT2D eigenvalue weighted by molar-refractivity contribution is 5.88. The van der Waals surface area contributed by atoms with Crippen molar-refractivity contribution in [2.24, 2.45) is 5.92 Å². The molecule has 1 saturated carbocycles. The smallest absolute Gasteiger partial charge is 0.231 e. The van der Waals surface area contributed by atoms with Crippen LogP contribution in [0.5, 0.6) is 0 Å². The fraction of sp³-hybridized carbons (Fsp3) is 0.565. The maximum atomic E-state index is 13.5. The summed E-state index contributed by atoms with van der Waals surface area (Å²) in [4.78, 5) is 17.6. The van der Waals surface area contributed by atoms with Gasteiger partial charge >= 0.3 is 0 Å². The number of imidazole rings is 1. The van der Waals surface area contributed by atoms with Crippen LogP contribution in [0.4, 0.5) is 0 Å². The van der Waals surface area contributed by atoms with Gasteiger partial charge in [0.2, 0.25) is 5.91 Å². The van der Waals surface area contributed by atoms with Crippen LogP contribution in [0.25, 0.3) is 0 Å². The second kappa shape index (κ2) is 8.28. The SMILES string of the molecule is Cc1ccc(C2(C(=O)N[C@@H]3CC(Cn4ccnc4)C[C@H]3O)CCOCC2)cc1C. The van der Waals surface area contributed by atoms with Gasteiger partial charge in [-0.05, 0) is 62.1 Å². The molecule has 156 valence electrons. The van der Waals surface area contributed by atoms with Crippen molar-refractivity contribution in [3.63, 3.8) is 0 Å². The summed E-state index contributed by atoms with van der Waals surface area (Å²) in [6.45, 7) is 6.16. The zero-order valence-electron chi connectivity index (χ0n) is 17.3. The molecule has 1 saturated heterocycles. The standard InChI is InChI=1S/C23H31N3O3/c1-16-3-4-19(11-17(16)2)23(5-9-29-10-6-23)22(28)25-20-12-18(13-21(20)27)14-26-8-7-24-15-26/h3-4,7-8,11,15,18,20-21,27H,5-6,9-10,12-14H2,1-2H3,(H,25,28)/t18?,20-,21-/m1/s1. The van der Waals surface area contributed by atoms with Crippen LogP contribution in [0.1, 0.15) is 42.4 Å². The first-order valence-corrected chi connectivity index (χ1v) is 10.6. The number of rotatable bonds is 5. The van der Waals surface area contributed by atoms with Gasteiger partial charge in [0.1, 0.15) is 0 Å². The zero-order valence-corrected chi connectivity index (χ0v) is 17.3. The Morgan fingerprint density at radius 3 is 2.76 bits per heavy atom. The predicted molar refractivity (Wildman–Crippen MR) is 111 cm³/mol. The molecule has 29 heavy (non-hydrogen) atoms. The fourth-order valence-corrected chi connectivity index (χ4v) is 4.83. The van der Waals surface area contributed by atoms with E-state index >= 15 is 0 Å². The Morgan fingerprint density at radius 2 is 2.07 bits per heavy atom. The third kappa shape index (κ3) is 4.09.